The van der Waals surface area contributed by atoms with Crippen LogP contribution in [0.15, 0.2) is 24.5 Å². The van der Waals surface area contributed by atoms with Gasteiger partial charge >= 0.3 is 0 Å². The first-order valence-corrected chi connectivity index (χ1v) is 7.77. The van der Waals surface area contributed by atoms with Gasteiger partial charge in [-0.05, 0) is 38.5 Å². The predicted octanol–water partition coefficient (Wildman–Crippen LogP) is 3.05. The van der Waals surface area contributed by atoms with E-state index in [4.69, 9.17) is 0 Å². The highest BCUT2D eigenvalue weighted by Gasteiger charge is 2.15. The summed E-state index contributed by atoms with van der Waals surface area (Å²) in [5.74, 6) is -0.139. The molecule has 6 heteroatoms. The third kappa shape index (κ3) is 2.72. The average Bonchev–Trinajstić information content (AvgIpc) is 3.03. The summed E-state index contributed by atoms with van der Waals surface area (Å²) in [5, 5.41) is 7.47. The molecule has 0 aliphatic heterocycles. The Morgan fingerprint density at radius 3 is 2.83 bits per heavy atom. The van der Waals surface area contributed by atoms with E-state index in [9.17, 15) is 4.79 Å². The predicted molar refractivity (Wildman–Crippen MR) is 90.7 cm³/mol. The molecule has 0 radical (unpaired) electrons. The van der Waals surface area contributed by atoms with Crippen LogP contribution in [0.4, 0.5) is 5.69 Å². The van der Waals surface area contributed by atoms with Gasteiger partial charge in [-0.3, -0.25) is 9.48 Å². The lowest BCUT2D eigenvalue weighted by atomic mass is 10.1. The summed E-state index contributed by atoms with van der Waals surface area (Å²) in [7, 11) is 1.93. The molecule has 23 heavy (non-hydrogen) atoms. The third-order valence-corrected chi connectivity index (χ3v) is 4.04. The monoisotopic (exact) mass is 311 g/mol. The van der Waals surface area contributed by atoms with Crippen molar-refractivity contribution >= 4 is 22.6 Å². The summed E-state index contributed by atoms with van der Waals surface area (Å²) in [5.41, 5.74) is 5.03. The van der Waals surface area contributed by atoms with E-state index in [-0.39, 0.29) is 5.91 Å². The van der Waals surface area contributed by atoms with Gasteiger partial charge in [0.25, 0.3) is 5.91 Å². The Balaban J connectivity index is 1.88. The maximum absolute atomic E-state index is 12.6. The number of aryl methyl sites for hydroxylation is 3. The summed E-state index contributed by atoms with van der Waals surface area (Å²) < 4.78 is 3.87. The molecule has 0 spiro atoms. The molecule has 1 aromatic carbocycles. The summed E-state index contributed by atoms with van der Waals surface area (Å²) >= 11 is 0. The van der Waals surface area contributed by atoms with Gasteiger partial charge in [-0.1, -0.05) is 6.92 Å². The molecular formula is C17H21N5O. The van der Waals surface area contributed by atoms with E-state index in [2.05, 4.69) is 22.3 Å². The number of anilines is 1. The zero-order valence-electron chi connectivity index (χ0n) is 13.9. The minimum absolute atomic E-state index is 0.139. The summed E-state index contributed by atoms with van der Waals surface area (Å²) in [6, 6.07) is 5.55. The van der Waals surface area contributed by atoms with Crippen molar-refractivity contribution in [3.63, 3.8) is 0 Å². The Morgan fingerprint density at radius 1 is 1.30 bits per heavy atom. The molecule has 120 valence electrons. The van der Waals surface area contributed by atoms with E-state index in [1.807, 2.05) is 48.3 Å². The molecule has 6 nitrogen and oxygen atoms in total. The summed E-state index contributed by atoms with van der Waals surface area (Å²) in [6.07, 6.45) is 2.75. The first-order chi connectivity index (χ1) is 11.0. The van der Waals surface area contributed by atoms with Crippen molar-refractivity contribution in [3.8, 4) is 0 Å². The molecule has 0 fully saturated rings. The molecule has 2 heterocycles. The number of benzene rings is 1. The Labute approximate surface area is 135 Å². The van der Waals surface area contributed by atoms with Crippen molar-refractivity contribution in [2.24, 2.45) is 7.05 Å². The number of hydrogen-bond acceptors (Lipinski definition) is 3. The molecule has 1 N–H and O–H groups in total. The van der Waals surface area contributed by atoms with E-state index < -0.39 is 0 Å². The van der Waals surface area contributed by atoms with Crippen LogP contribution in [0.1, 0.15) is 35.1 Å². The largest absolute Gasteiger partial charge is 0.334 e. The van der Waals surface area contributed by atoms with E-state index in [0.717, 1.165) is 41.1 Å². The second-order valence-electron chi connectivity index (χ2n) is 5.78. The average molecular weight is 311 g/mol. The number of amides is 1. The van der Waals surface area contributed by atoms with E-state index >= 15 is 0 Å². The number of nitrogens with one attached hydrogen (secondary N) is 1. The van der Waals surface area contributed by atoms with Crippen LogP contribution >= 0.6 is 0 Å². The molecule has 0 atom stereocenters. The Kier molecular flexibility index (Phi) is 3.90. The first kappa shape index (κ1) is 15.3. The van der Waals surface area contributed by atoms with Gasteiger partial charge in [0, 0.05) is 19.2 Å². The van der Waals surface area contributed by atoms with Gasteiger partial charge in [-0.2, -0.15) is 5.10 Å². The maximum Gasteiger partial charge on any atom is 0.255 e. The van der Waals surface area contributed by atoms with Crippen molar-refractivity contribution < 1.29 is 4.79 Å². The highest BCUT2D eigenvalue weighted by atomic mass is 16.1. The highest BCUT2D eigenvalue weighted by molar-refractivity contribution is 6.06. The Hall–Kier alpha value is -2.63. The number of fused-ring (bicyclic) bond motifs is 1. The minimum Gasteiger partial charge on any atom is -0.334 e. The van der Waals surface area contributed by atoms with Crippen molar-refractivity contribution in [1.82, 2.24) is 19.3 Å². The standard InChI is InChI=1S/C17H21N5O/c1-5-8-22-12(3)16(11(2)20-22)19-17(23)13-6-7-15-14(9-13)18-10-21(15)4/h6-7,9-10H,5,8H2,1-4H3,(H,19,23). The quantitative estimate of drug-likeness (QED) is 0.805. The fourth-order valence-corrected chi connectivity index (χ4v) is 2.77. The SMILES string of the molecule is CCCn1nc(C)c(NC(=O)c2ccc3c(c2)ncn3C)c1C. The van der Waals surface area contributed by atoms with Crippen LogP contribution in [0.3, 0.4) is 0 Å². The molecule has 0 unspecified atom stereocenters. The molecule has 0 saturated heterocycles. The molecule has 1 amide bonds. The first-order valence-electron chi connectivity index (χ1n) is 7.77. The highest BCUT2D eigenvalue weighted by Crippen LogP contribution is 2.21. The van der Waals surface area contributed by atoms with Crippen LogP contribution in [0.2, 0.25) is 0 Å². The fraction of sp³-hybridized carbons (Fsp3) is 0.353. The van der Waals surface area contributed by atoms with Gasteiger partial charge in [0.1, 0.15) is 0 Å². The fourth-order valence-electron chi connectivity index (χ4n) is 2.77. The van der Waals surface area contributed by atoms with Gasteiger partial charge in [-0.15, -0.1) is 0 Å². The molecule has 0 aliphatic carbocycles. The Morgan fingerprint density at radius 2 is 2.09 bits per heavy atom. The smallest absolute Gasteiger partial charge is 0.255 e. The third-order valence-electron chi connectivity index (χ3n) is 4.04. The lowest BCUT2D eigenvalue weighted by Gasteiger charge is -2.07. The maximum atomic E-state index is 12.6. The molecule has 3 aromatic rings. The van der Waals surface area contributed by atoms with Crippen LogP contribution < -0.4 is 5.32 Å². The molecule has 0 bridgehead atoms. The second kappa shape index (κ2) is 5.87. The molecule has 0 aliphatic rings. The van der Waals surface area contributed by atoms with Crippen molar-refractivity contribution in [3.05, 3.63) is 41.5 Å². The zero-order valence-corrected chi connectivity index (χ0v) is 13.9. The van der Waals surface area contributed by atoms with E-state index in [0.29, 0.717) is 5.56 Å². The van der Waals surface area contributed by atoms with E-state index in [1.165, 1.54) is 0 Å². The second-order valence-corrected chi connectivity index (χ2v) is 5.78. The van der Waals surface area contributed by atoms with Gasteiger partial charge in [-0.25, -0.2) is 4.98 Å². The van der Waals surface area contributed by atoms with Crippen LogP contribution in [-0.4, -0.2) is 25.2 Å². The van der Waals surface area contributed by atoms with Crippen molar-refractivity contribution in [1.29, 1.82) is 0 Å². The molecule has 0 saturated carbocycles. The molecular weight excluding hydrogens is 290 g/mol. The van der Waals surface area contributed by atoms with E-state index in [1.54, 1.807) is 6.33 Å². The number of aromatic nitrogens is 4. The number of nitrogens with zero attached hydrogens (tertiary/aromatic N) is 4. The summed E-state index contributed by atoms with van der Waals surface area (Å²) in [6.45, 7) is 6.85. The Bertz CT molecular complexity index is 875. The van der Waals surface area contributed by atoms with Crippen LogP contribution in [-0.2, 0) is 13.6 Å². The van der Waals surface area contributed by atoms with Gasteiger partial charge < -0.3 is 9.88 Å². The van der Waals surface area contributed by atoms with Crippen LogP contribution in [0, 0.1) is 13.8 Å². The number of hydrogen-bond donors (Lipinski definition) is 1. The minimum atomic E-state index is -0.139. The summed E-state index contributed by atoms with van der Waals surface area (Å²) in [4.78, 5) is 16.9. The van der Waals surface area contributed by atoms with Gasteiger partial charge in [0.05, 0.1) is 34.4 Å². The van der Waals surface area contributed by atoms with Crippen molar-refractivity contribution in [2.45, 2.75) is 33.7 Å². The molecule has 3 rings (SSSR count). The normalized spacial score (nSPS) is 11.1. The zero-order chi connectivity index (χ0) is 16.6. The lowest BCUT2D eigenvalue weighted by molar-refractivity contribution is 0.102. The molecule has 2 aromatic heterocycles. The van der Waals surface area contributed by atoms with Crippen LogP contribution in [0.5, 0.6) is 0 Å². The van der Waals surface area contributed by atoms with Crippen LogP contribution in [0.25, 0.3) is 11.0 Å². The number of rotatable bonds is 4. The topological polar surface area (TPSA) is 64.7 Å². The van der Waals surface area contributed by atoms with Crippen molar-refractivity contribution in [2.75, 3.05) is 5.32 Å². The number of carbonyl (C=O) groups excluding carboxylic acids is 1. The van der Waals surface area contributed by atoms with Gasteiger partial charge in [0.2, 0.25) is 0 Å². The number of imidazole rings is 1. The van der Waals surface area contributed by atoms with Gasteiger partial charge in [0.15, 0.2) is 0 Å². The number of carbonyl (C=O) groups is 1. The lowest BCUT2D eigenvalue weighted by Crippen LogP contribution is -2.13.